The standard InChI is InChI=1S/C14H14N2O4/c1-8-3-9(5-11-7-15-16-13(8)11)4-10(6-12(17)18)14(19)20-2/h3-5,7H,6H2,1-2H3,(H,15,16)(H,17,18)/b10-4+. The highest BCUT2D eigenvalue weighted by atomic mass is 16.5. The number of esters is 1. The third-order valence-electron chi connectivity index (χ3n) is 2.90. The molecular formula is C14H14N2O4. The zero-order valence-electron chi connectivity index (χ0n) is 11.1. The van der Waals surface area contributed by atoms with Gasteiger partial charge in [0.05, 0.1) is 25.2 Å². The molecule has 0 radical (unpaired) electrons. The SMILES string of the molecule is COC(=O)/C(=C/c1cc(C)c2[nH]ncc2c1)CC(=O)O. The van der Waals surface area contributed by atoms with Crippen molar-refractivity contribution in [3.05, 3.63) is 35.0 Å². The Labute approximate surface area is 115 Å². The number of carbonyl (C=O) groups is 2. The van der Waals surface area contributed by atoms with Crippen LogP contribution in [0.4, 0.5) is 0 Å². The van der Waals surface area contributed by atoms with Gasteiger partial charge in [0.25, 0.3) is 0 Å². The van der Waals surface area contributed by atoms with Crippen molar-refractivity contribution in [1.82, 2.24) is 10.2 Å². The van der Waals surface area contributed by atoms with E-state index < -0.39 is 11.9 Å². The molecule has 2 N–H and O–H groups in total. The molecule has 0 unspecified atom stereocenters. The number of carboxylic acids is 1. The molecule has 20 heavy (non-hydrogen) atoms. The first-order valence-electron chi connectivity index (χ1n) is 5.95. The summed E-state index contributed by atoms with van der Waals surface area (Å²) in [5.74, 6) is -1.72. The Kier molecular flexibility index (Phi) is 3.84. The molecule has 1 aromatic heterocycles. The molecule has 0 spiro atoms. The second-order valence-electron chi connectivity index (χ2n) is 4.40. The van der Waals surface area contributed by atoms with Crippen LogP contribution in [-0.4, -0.2) is 34.4 Å². The van der Waals surface area contributed by atoms with E-state index in [-0.39, 0.29) is 12.0 Å². The lowest BCUT2D eigenvalue weighted by molar-refractivity contribution is -0.141. The van der Waals surface area contributed by atoms with Gasteiger partial charge in [0.2, 0.25) is 0 Å². The van der Waals surface area contributed by atoms with E-state index in [0.29, 0.717) is 0 Å². The van der Waals surface area contributed by atoms with Crippen LogP contribution in [-0.2, 0) is 14.3 Å². The molecule has 0 atom stereocenters. The number of nitrogens with zero attached hydrogens (tertiary/aromatic N) is 1. The number of aromatic nitrogens is 2. The molecule has 0 fully saturated rings. The fraction of sp³-hybridized carbons (Fsp3) is 0.214. The summed E-state index contributed by atoms with van der Waals surface area (Å²) in [4.78, 5) is 22.4. The molecular weight excluding hydrogens is 260 g/mol. The summed E-state index contributed by atoms with van der Waals surface area (Å²) in [5, 5.41) is 16.6. The van der Waals surface area contributed by atoms with Gasteiger partial charge < -0.3 is 9.84 Å². The van der Waals surface area contributed by atoms with E-state index >= 15 is 0 Å². The maximum Gasteiger partial charge on any atom is 0.334 e. The van der Waals surface area contributed by atoms with Crippen LogP contribution < -0.4 is 0 Å². The molecule has 0 aliphatic carbocycles. The second-order valence-corrected chi connectivity index (χ2v) is 4.40. The fourth-order valence-electron chi connectivity index (χ4n) is 2.02. The third-order valence-corrected chi connectivity index (χ3v) is 2.90. The number of nitrogens with one attached hydrogen (secondary N) is 1. The third kappa shape index (κ3) is 2.85. The lowest BCUT2D eigenvalue weighted by Crippen LogP contribution is -2.09. The highest BCUT2D eigenvalue weighted by Gasteiger charge is 2.14. The van der Waals surface area contributed by atoms with Crippen molar-refractivity contribution in [2.45, 2.75) is 13.3 Å². The van der Waals surface area contributed by atoms with E-state index in [9.17, 15) is 9.59 Å². The number of benzene rings is 1. The number of methoxy groups -OCH3 is 1. The first-order valence-corrected chi connectivity index (χ1v) is 5.95. The van der Waals surface area contributed by atoms with Gasteiger partial charge in [-0.05, 0) is 36.3 Å². The molecule has 6 heteroatoms. The van der Waals surface area contributed by atoms with Gasteiger partial charge in [0.1, 0.15) is 0 Å². The number of carboxylic acid groups (broad SMARTS) is 1. The lowest BCUT2D eigenvalue weighted by atomic mass is 10.0. The van der Waals surface area contributed by atoms with Crippen molar-refractivity contribution >= 4 is 28.9 Å². The van der Waals surface area contributed by atoms with Gasteiger partial charge in [-0.25, -0.2) is 4.79 Å². The molecule has 1 aromatic carbocycles. The van der Waals surface area contributed by atoms with Crippen LogP contribution in [0.25, 0.3) is 17.0 Å². The van der Waals surface area contributed by atoms with Crippen LogP contribution in [0, 0.1) is 6.92 Å². The van der Waals surface area contributed by atoms with Crippen LogP contribution in [0.2, 0.25) is 0 Å². The molecule has 0 bridgehead atoms. The van der Waals surface area contributed by atoms with Crippen LogP contribution in [0.15, 0.2) is 23.9 Å². The van der Waals surface area contributed by atoms with E-state index in [1.807, 2.05) is 19.1 Å². The summed E-state index contributed by atoms with van der Waals surface area (Å²) in [6.45, 7) is 1.91. The van der Waals surface area contributed by atoms with Crippen LogP contribution >= 0.6 is 0 Å². The predicted molar refractivity (Wildman–Crippen MR) is 73.1 cm³/mol. The molecule has 0 saturated carbocycles. The Morgan fingerprint density at radius 2 is 2.20 bits per heavy atom. The summed E-state index contributed by atoms with van der Waals surface area (Å²) in [5.41, 5.74) is 2.71. The minimum absolute atomic E-state index is 0.0993. The second kappa shape index (κ2) is 5.56. The Morgan fingerprint density at radius 1 is 1.45 bits per heavy atom. The largest absolute Gasteiger partial charge is 0.481 e. The van der Waals surface area contributed by atoms with Crippen LogP contribution in [0.1, 0.15) is 17.5 Å². The molecule has 0 aliphatic rings. The summed E-state index contributed by atoms with van der Waals surface area (Å²) < 4.78 is 4.60. The summed E-state index contributed by atoms with van der Waals surface area (Å²) in [6, 6.07) is 3.68. The number of hydrogen-bond acceptors (Lipinski definition) is 4. The van der Waals surface area contributed by atoms with Gasteiger partial charge in [0.15, 0.2) is 0 Å². The van der Waals surface area contributed by atoms with E-state index in [2.05, 4.69) is 14.9 Å². The normalized spacial score (nSPS) is 11.6. The van der Waals surface area contributed by atoms with Gasteiger partial charge in [0, 0.05) is 11.0 Å². The van der Waals surface area contributed by atoms with Crippen LogP contribution in [0.3, 0.4) is 0 Å². The number of H-pyrrole nitrogens is 1. The Hall–Kier alpha value is -2.63. The average molecular weight is 274 g/mol. The quantitative estimate of drug-likeness (QED) is 0.656. The highest BCUT2D eigenvalue weighted by molar-refractivity contribution is 5.98. The van der Waals surface area contributed by atoms with Gasteiger partial charge in [-0.2, -0.15) is 5.10 Å². The fourth-order valence-corrected chi connectivity index (χ4v) is 2.02. The maximum atomic E-state index is 11.6. The number of aliphatic carboxylic acids is 1. The monoisotopic (exact) mass is 274 g/mol. The number of hydrogen-bond donors (Lipinski definition) is 2. The molecule has 104 valence electrons. The zero-order chi connectivity index (χ0) is 14.7. The molecule has 6 nitrogen and oxygen atoms in total. The predicted octanol–water partition coefficient (Wildman–Crippen LogP) is 1.90. The van der Waals surface area contributed by atoms with Crippen LogP contribution in [0.5, 0.6) is 0 Å². The van der Waals surface area contributed by atoms with E-state index in [1.54, 1.807) is 6.20 Å². The van der Waals surface area contributed by atoms with Crippen molar-refractivity contribution in [2.24, 2.45) is 0 Å². The smallest absolute Gasteiger partial charge is 0.334 e. The number of rotatable bonds is 4. The number of aryl methyl sites for hydroxylation is 1. The van der Waals surface area contributed by atoms with E-state index in [1.165, 1.54) is 13.2 Å². The Morgan fingerprint density at radius 3 is 2.85 bits per heavy atom. The first-order chi connectivity index (χ1) is 9.51. The molecule has 2 aromatic rings. The highest BCUT2D eigenvalue weighted by Crippen LogP contribution is 2.21. The van der Waals surface area contributed by atoms with Crippen molar-refractivity contribution < 1.29 is 19.4 Å². The minimum Gasteiger partial charge on any atom is -0.481 e. The summed E-state index contributed by atoms with van der Waals surface area (Å²) in [7, 11) is 1.22. The van der Waals surface area contributed by atoms with Crippen molar-refractivity contribution in [3.8, 4) is 0 Å². The van der Waals surface area contributed by atoms with Crippen molar-refractivity contribution in [1.29, 1.82) is 0 Å². The summed E-state index contributed by atoms with van der Waals surface area (Å²) >= 11 is 0. The number of ether oxygens (including phenoxy) is 1. The first kappa shape index (κ1) is 13.8. The average Bonchev–Trinajstić information content (AvgIpc) is 2.85. The van der Waals surface area contributed by atoms with Gasteiger partial charge >= 0.3 is 11.9 Å². The topological polar surface area (TPSA) is 92.3 Å². The molecule has 2 rings (SSSR count). The van der Waals surface area contributed by atoms with Crippen molar-refractivity contribution in [3.63, 3.8) is 0 Å². The number of carbonyl (C=O) groups excluding carboxylic acids is 1. The molecule has 0 saturated heterocycles. The summed E-state index contributed by atoms with van der Waals surface area (Å²) in [6.07, 6.45) is 2.82. The van der Waals surface area contributed by atoms with Gasteiger partial charge in [-0.15, -0.1) is 0 Å². The van der Waals surface area contributed by atoms with E-state index in [4.69, 9.17) is 5.11 Å². The zero-order valence-corrected chi connectivity index (χ0v) is 11.1. The Bertz CT molecular complexity index is 700. The molecule has 0 aliphatic heterocycles. The number of aromatic amines is 1. The van der Waals surface area contributed by atoms with Crippen molar-refractivity contribution in [2.75, 3.05) is 7.11 Å². The lowest BCUT2D eigenvalue weighted by Gasteiger charge is -2.04. The minimum atomic E-state index is -1.08. The van der Waals surface area contributed by atoms with Gasteiger partial charge in [-0.1, -0.05) is 0 Å². The molecule has 0 amide bonds. The van der Waals surface area contributed by atoms with Gasteiger partial charge in [-0.3, -0.25) is 9.89 Å². The van der Waals surface area contributed by atoms with E-state index in [0.717, 1.165) is 22.0 Å². The number of fused-ring (bicyclic) bond motifs is 1. The molecule has 1 heterocycles. The maximum absolute atomic E-state index is 11.6. The Balaban J connectivity index is 2.46.